The summed E-state index contributed by atoms with van der Waals surface area (Å²) >= 11 is 3.17. The van der Waals surface area contributed by atoms with Gasteiger partial charge >= 0.3 is 0 Å². The van der Waals surface area contributed by atoms with Gasteiger partial charge in [0.05, 0.1) is 11.9 Å². The number of halogens is 4. The average molecular weight is 345 g/mol. The van der Waals surface area contributed by atoms with Gasteiger partial charge < -0.3 is 4.74 Å². The maximum Gasteiger partial charge on any atom is 0.134 e. The largest absolute Gasteiger partial charge is 0.497 e. The van der Waals surface area contributed by atoms with Crippen LogP contribution in [-0.4, -0.2) is 7.11 Å². The molecule has 1 atom stereocenters. The summed E-state index contributed by atoms with van der Waals surface area (Å²) in [5.74, 6) is -2.02. The summed E-state index contributed by atoms with van der Waals surface area (Å²) in [4.78, 5) is -0.909. The Kier molecular flexibility index (Phi) is 4.38. The Morgan fingerprint density at radius 2 is 1.60 bits per heavy atom. The van der Waals surface area contributed by atoms with E-state index in [1.165, 1.54) is 13.2 Å². The van der Waals surface area contributed by atoms with E-state index in [1.54, 1.807) is 19.1 Å². The van der Waals surface area contributed by atoms with Gasteiger partial charge in [-0.05, 0) is 13.0 Å². The molecule has 0 heterocycles. The van der Waals surface area contributed by atoms with Gasteiger partial charge in [0.25, 0.3) is 0 Å². The van der Waals surface area contributed by atoms with Crippen molar-refractivity contribution in [3.8, 4) is 5.75 Å². The van der Waals surface area contributed by atoms with Crippen LogP contribution in [0.2, 0.25) is 0 Å². The van der Waals surface area contributed by atoms with Crippen LogP contribution < -0.4 is 4.74 Å². The number of alkyl halides is 1. The molecule has 0 fully saturated rings. The molecule has 0 aliphatic heterocycles. The molecular weight excluding hydrogens is 333 g/mol. The van der Waals surface area contributed by atoms with Crippen LogP contribution in [0, 0.1) is 24.4 Å². The highest BCUT2D eigenvalue weighted by Gasteiger charge is 2.23. The van der Waals surface area contributed by atoms with Crippen LogP contribution in [0.3, 0.4) is 0 Å². The molecule has 1 nitrogen and oxygen atoms in total. The molecular formula is C15H12BrF3O. The van der Waals surface area contributed by atoms with Gasteiger partial charge in [-0.25, -0.2) is 13.2 Å². The van der Waals surface area contributed by atoms with Gasteiger partial charge in [-0.15, -0.1) is 0 Å². The van der Waals surface area contributed by atoms with E-state index >= 15 is 0 Å². The van der Waals surface area contributed by atoms with Crippen molar-refractivity contribution in [1.29, 1.82) is 0 Å². The van der Waals surface area contributed by atoms with Gasteiger partial charge in [-0.2, -0.15) is 0 Å². The molecule has 0 bridgehead atoms. The Morgan fingerprint density at radius 3 is 2.15 bits per heavy atom. The predicted molar refractivity (Wildman–Crippen MR) is 74.8 cm³/mol. The SMILES string of the molecule is COc1cc(F)c(C(Br)c2cc(C)ccc2F)c(F)c1. The minimum Gasteiger partial charge on any atom is -0.497 e. The summed E-state index contributed by atoms with van der Waals surface area (Å²) in [5, 5.41) is 0. The first-order valence-electron chi connectivity index (χ1n) is 5.87. The second-order valence-corrected chi connectivity index (χ2v) is 5.31. The van der Waals surface area contributed by atoms with Gasteiger partial charge in [0.2, 0.25) is 0 Å². The third-order valence-corrected chi connectivity index (χ3v) is 3.92. The number of ether oxygens (including phenoxy) is 1. The van der Waals surface area contributed by atoms with Crippen molar-refractivity contribution in [3.63, 3.8) is 0 Å². The summed E-state index contributed by atoms with van der Waals surface area (Å²) in [6, 6.07) is 6.57. The van der Waals surface area contributed by atoms with Crippen LogP contribution in [0.5, 0.6) is 5.75 Å². The third-order valence-electron chi connectivity index (χ3n) is 2.97. The molecule has 0 aliphatic carbocycles. The predicted octanol–water partition coefficient (Wildman–Crippen LogP) is 4.91. The highest BCUT2D eigenvalue weighted by Crippen LogP contribution is 2.37. The monoisotopic (exact) mass is 344 g/mol. The van der Waals surface area contributed by atoms with Crippen molar-refractivity contribution < 1.29 is 17.9 Å². The first kappa shape index (κ1) is 14.9. The zero-order valence-corrected chi connectivity index (χ0v) is 12.5. The van der Waals surface area contributed by atoms with Crippen LogP contribution in [0.1, 0.15) is 21.5 Å². The van der Waals surface area contributed by atoms with E-state index in [-0.39, 0.29) is 16.9 Å². The molecule has 0 saturated carbocycles. The Balaban J connectivity index is 2.53. The molecule has 0 saturated heterocycles. The standard InChI is InChI=1S/C15H12BrF3O/c1-8-3-4-11(17)10(5-8)15(16)14-12(18)6-9(20-2)7-13(14)19/h3-7,15H,1-2H3. The van der Waals surface area contributed by atoms with Crippen molar-refractivity contribution in [2.75, 3.05) is 7.11 Å². The lowest BCUT2D eigenvalue weighted by Crippen LogP contribution is -2.04. The molecule has 2 aromatic rings. The first-order chi connectivity index (χ1) is 9.43. The maximum absolute atomic E-state index is 14.0. The summed E-state index contributed by atoms with van der Waals surface area (Å²) in [6.07, 6.45) is 0. The van der Waals surface area contributed by atoms with Crippen LogP contribution in [0.4, 0.5) is 13.2 Å². The molecule has 2 aromatic carbocycles. The maximum atomic E-state index is 14.0. The molecule has 0 radical (unpaired) electrons. The van der Waals surface area contributed by atoms with Gasteiger partial charge in [0, 0.05) is 23.3 Å². The highest BCUT2D eigenvalue weighted by molar-refractivity contribution is 9.09. The lowest BCUT2D eigenvalue weighted by atomic mass is 10.0. The summed E-state index contributed by atoms with van der Waals surface area (Å²) in [7, 11) is 1.32. The van der Waals surface area contributed by atoms with Gasteiger partial charge in [-0.1, -0.05) is 33.6 Å². The fourth-order valence-electron chi connectivity index (χ4n) is 1.93. The Morgan fingerprint density at radius 1 is 1.00 bits per heavy atom. The summed E-state index contributed by atoms with van der Waals surface area (Å²) < 4.78 is 46.6. The fourth-order valence-corrected chi connectivity index (χ4v) is 2.72. The molecule has 0 N–H and O–H groups in total. The molecule has 20 heavy (non-hydrogen) atoms. The third kappa shape index (κ3) is 2.82. The molecule has 2 rings (SSSR count). The minimum absolute atomic E-state index is 0.0770. The zero-order valence-electron chi connectivity index (χ0n) is 10.9. The lowest BCUT2D eigenvalue weighted by molar-refractivity contribution is 0.405. The Labute approximate surface area is 123 Å². The van der Waals surface area contributed by atoms with E-state index in [0.29, 0.717) is 0 Å². The van der Waals surface area contributed by atoms with Crippen LogP contribution in [-0.2, 0) is 0 Å². The average Bonchev–Trinajstić information content (AvgIpc) is 2.40. The van der Waals surface area contributed by atoms with E-state index in [9.17, 15) is 13.2 Å². The Hall–Kier alpha value is -1.49. The molecule has 0 spiro atoms. The second kappa shape index (κ2) is 5.87. The van der Waals surface area contributed by atoms with E-state index in [2.05, 4.69) is 15.9 Å². The zero-order chi connectivity index (χ0) is 14.9. The van der Waals surface area contributed by atoms with Crippen molar-refractivity contribution >= 4 is 15.9 Å². The number of rotatable bonds is 3. The molecule has 1 unspecified atom stereocenters. The van der Waals surface area contributed by atoms with Crippen molar-refractivity contribution in [3.05, 3.63) is 64.5 Å². The highest BCUT2D eigenvalue weighted by atomic mass is 79.9. The lowest BCUT2D eigenvalue weighted by Gasteiger charge is -2.15. The van der Waals surface area contributed by atoms with Crippen molar-refractivity contribution in [2.45, 2.75) is 11.8 Å². The number of methoxy groups -OCH3 is 1. The normalized spacial score (nSPS) is 12.3. The van der Waals surface area contributed by atoms with E-state index in [0.717, 1.165) is 17.7 Å². The second-order valence-electron chi connectivity index (χ2n) is 4.39. The first-order valence-corrected chi connectivity index (χ1v) is 6.78. The van der Waals surface area contributed by atoms with Crippen LogP contribution in [0.25, 0.3) is 0 Å². The molecule has 0 aromatic heterocycles. The topological polar surface area (TPSA) is 9.23 Å². The quantitative estimate of drug-likeness (QED) is 0.719. The van der Waals surface area contributed by atoms with E-state index in [1.807, 2.05) is 0 Å². The van der Waals surface area contributed by atoms with E-state index < -0.39 is 22.3 Å². The van der Waals surface area contributed by atoms with Gasteiger partial charge in [0.1, 0.15) is 23.2 Å². The molecule has 5 heteroatoms. The van der Waals surface area contributed by atoms with E-state index in [4.69, 9.17) is 4.74 Å². The Bertz CT molecular complexity index is 620. The van der Waals surface area contributed by atoms with Crippen molar-refractivity contribution in [1.82, 2.24) is 0 Å². The molecule has 106 valence electrons. The number of benzene rings is 2. The smallest absolute Gasteiger partial charge is 0.134 e. The van der Waals surface area contributed by atoms with Gasteiger partial charge in [0.15, 0.2) is 0 Å². The molecule has 0 amide bonds. The number of aryl methyl sites for hydroxylation is 1. The number of hydrogen-bond acceptors (Lipinski definition) is 1. The van der Waals surface area contributed by atoms with Crippen LogP contribution in [0.15, 0.2) is 30.3 Å². The van der Waals surface area contributed by atoms with Gasteiger partial charge in [-0.3, -0.25) is 0 Å². The van der Waals surface area contributed by atoms with Crippen molar-refractivity contribution in [2.24, 2.45) is 0 Å². The summed E-state index contributed by atoms with van der Waals surface area (Å²) in [5.41, 5.74) is 0.753. The number of hydrogen-bond donors (Lipinski definition) is 0. The minimum atomic E-state index is -0.909. The van der Waals surface area contributed by atoms with Crippen LogP contribution >= 0.6 is 15.9 Å². The summed E-state index contributed by atoms with van der Waals surface area (Å²) in [6.45, 7) is 1.78. The fraction of sp³-hybridized carbons (Fsp3) is 0.200. The molecule has 0 aliphatic rings.